The topological polar surface area (TPSA) is 134 Å². The molecule has 10 nitrogen and oxygen atoms in total. The monoisotopic (exact) mass is 532 g/mol. The molecule has 0 aliphatic rings. The summed E-state index contributed by atoms with van der Waals surface area (Å²) in [5, 5.41) is 7.71. The molecule has 0 spiro atoms. The number of ether oxygens (including phenoxy) is 1. The third kappa shape index (κ3) is 13.1. The van der Waals surface area contributed by atoms with Gasteiger partial charge in [0.2, 0.25) is 6.41 Å². The van der Waals surface area contributed by atoms with Crippen molar-refractivity contribution in [1.29, 1.82) is 0 Å². The Morgan fingerprint density at radius 3 is 2.11 bits per heavy atom. The minimum Gasteiger partial charge on any atom is -0.455 e. The molecule has 0 fully saturated rings. The highest BCUT2D eigenvalue weighted by atomic mass is 35.5. The van der Waals surface area contributed by atoms with Crippen molar-refractivity contribution in [2.24, 2.45) is 0 Å². The number of hydrogen-bond acceptors (Lipinski definition) is 6. The highest BCUT2D eigenvalue weighted by molar-refractivity contribution is 6.33. The first-order valence-electron chi connectivity index (χ1n) is 11.3. The van der Waals surface area contributed by atoms with Crippen LogP contribution >= 0.6 is 11.6 Å². The zero-order valence-corrected chi connectivity index (χ0v) is 22.3. The van der Waals surface area contributed by atoms with Gasteiger partial charge in [-0.3, -0.25) is 24.5 Å². The predicted molar refractivity (Wildman–Crippen MR) is 140 cm³/mol. The summed E-state index contributed by atoms with van der Waals surface area (Å²) < 4.78 is 4.99. The molecule has 0 aromatic heterocycles. The first-order chi connectivity index (χ1) is 17.3. The van der Waals surface area contributed by atoms with Crippen molar-refractivity contribution in [3.8, 4) is 0 Å². The van der Waals surface area contributed by atoms with E-state index in [1.54, 1.807) is 83.4 Å². The van der Waals surface area contributed by atoms with E-state index in [9.17, 15) is 24.0 Å². The summed E-state index contributed by atoms with van der Waals surface area (Å²) in [5.41, 5.74) is 0.427. The molecule has 5 amide bonds. The summed E-state index contributed by atoms with van der Waals surface area (Å²) in [4.78, 5) is 59.5. The third-order valence-corrected chi connectivity index (χ3v) is 4.64. The normalized spacial score (nSPS) is 11.1. The first kappa shape index (κ1) is 31.1. The number of nitrogens with one attached hydrogen (secondary N) is 3. The van der Waals surface area contributed by atoms with E-state index in [4.69, 9.17) is 16.3 Å². The second-order valence-electron chi connectivity index (χ2n) is 9.10. The first-order valence-corrected chi connectivity index (χ1v) is 11.7. The van der Waals surface area contributed by atoms with Crippen molar-refractivity contribution < 1.29 is 28.7 Å². The Bertz CT molecular complexity index is 1070. The second-order valence-corrected chi connectivity index (χ2v) is 9.51. The van der Waals surface area contributed by atoms with E-state index >= 15 is 0 Å². The number of imide groups is 1. The molecular formula is C26H33ClN4O6. The fraction of sp³-hybridized carbons (Fsp3) is 0.346. The maximum Gasteiger partial charge on any atom is 0.321 e. The SMILES string of the molecule is CC(C)(C)NC(=O)NC(=O)COC(=O)CC(NC(=O)c1ccccc1Cl)c1ccccc1.CN(C)C=O. The lowest BCUT2D eigenvalue weighted by atomic mass is 10.0. The molecule has 0 saturated carbocycles. The third-order valence-electron chi connectivity index (χ3n) is 4.31. The zero-order valence-electron chi connectivity index (χ0n) is 21.5. The number of halogens is 1. The minimum atomic E-state index is -0.767. The largest absolute Gasteiger partial charge is 0.455 e. The number of hydrogen-bond donors (Lipinski definition) is 3. The van der Waals surface area contributed by atoms with Gasteiger partial charge in [0.25, 0.3) is 11.8 Å². The van der Waals surface area contributed by atoms with Crippen molar-refractivity contribution in [2.75, 3.05) is 20.7 Å². The Hall–Kier alpha value is -3.92. The smallest absolute Gasteiger partial charge is 0.321 e. The summed E-state index contributed by atoms with van der Waals surface area (Å²) >= 11 is 6.09. The van der Waals surface area contributed by atoms with Crippen LogP contribution in [0.15, 0.2) is 54.6 Å². The van der Waals surface area contributed by atoms with Crippen molar-refractivity contribution in [3.63, 3.8) is 0 Å². The van der Waals surface area contributed by atoms with Crippen LogP contribution in [0.3, 0.4) is 0 Å². The standard InChI is InChI=1S/C23H26ClN3O5.C3H7NO/c1-23(2,3)27-22(31)26-19(28)14-32-20(29)13-18(15-9-5-4-6-10-15)25-21(30)16-11-7-8-12-17(16)24;1-4(2)3-5/h4-12,18H,13-14H2,1-3H3,(H,25,30)(H2,26,27,28,31);3H,1-2H3. The molecule has 0 aliphatic carbocycles. The molecule has 0 heterocycles. The Morgan fingerprint density at radius 2 is 1.57 bits per heavy atom. The molecule has 2 aromatic carbocycles. The van der Waals surface area contributed by atoms with E-state index < -0.39 is 42.0 Å². The summed E-state index contributed by atoms with van der Waals surface area (Å²) in [5.74, 6) is -1.94. The summed E-state index contributed by atoms with van der Waals surface area (Å²) in [6.45, 7) is 4.66. The van der Waals surface area contributed by atoms with Gasteiger partial charge in [-0.15, -0.1) is 0 Å². The van der Waals surface area contributed by atoms with Gasteiger partial charge >= 0.3 is 12.0 Å². The van der Waals surface area contributed by atoms with Gasteiger partial charge in [-0.05, 0) is 38.5 Å². The number of esters is 1. The van der Waals surface area contributed by atoms with Crippen molar-refractivity contribution in [1.82, 2.24) is 20.9 Å². The minimum absolute atomic E-state index is 0.221. The summed E-state index contributed by atoms with van der Waals surface area (Å²) in [6, 6.07) is 14.0. The van der Waals surface area contributed by atoms with Crippen LogP contribution in [0.4, 0.5) is 4.79 Å². The summed E-state index contributed by atoms with van der Waals surface area (Å²) in [7, 11) is 3.38. The zero-order chi connectivity index (χ0) is 28.0. The molecule has 0 aliphatic heterocycles. The fourth-order valence-corrected chi connectivity index (χ4v) is 2.95. The molecule has 1 unspecified atom stereocenters. The number of urea groups is 1. The Kier molecular flexibility index (Phi) is 12.8. The van der Waals surface area contributed by atoms with E-state index in [-0.39, 0.29) is 17.0 Å². The molecule has 11 heteroatoms. The van der Waals surface area contributed by atoms with E-state index in [0.717, 1.165) is 6.41 Å². The van der Waals surface area contributed by atoms with Crippen LogP contribution in [0.2, 0.25) is 5.02 Å². The average molecular weight is 533 g/mol. The van der Waals surface area contributed by atoms with Gasteiger partial charge in [0.05, 0.1) is 23.0 Å². The lowest BCUT2D eigenvalue weighted by Crippen LogP contribution is -2.49. The molecule has 0 radical (unpaired) electrons. The van der Waals surface area contributed by atoms with E-state index in [1.807, 2.05) is 6.07 Å². The molecule has 2 rings (SSSR count). The lowest BCUT2D eigenvalue weighted by molar-refractivity contribution is -0.148. The highest BCUT2D eigenvalue weighted by Gasteiger charge is 2.22. The second kappa shape index (κ2) is 15.2. The van der Waals surface area contributed by atoms with Gasteiger partial charge in [0.1, 0.15) is 0 Å². The maximum absolute atomic E-state index is 12.7. The van der Waals surface area contributed by atoms with Crippen LogP contribution < -0.4 is 16.0 Å². The number of carbonyl (C=O) groups is 5. The molecule has 200 valence electrons. The van der Waals surface area contributed by atoms with E-state index in [2.05, 4.69) is 16.0 Å². The lowest BCUT2D eigenvalue weighted by Gasteiger charge is -2.20. The van der Waals surface area contributed by atoms with Crippen molar-refractivity contribution in [3.05, 3.63) is 70.7 Å². The number of rotatable bonds is 8. The van der Waals surface area contributed by atoms with Crippen LogP contribution in [0.25, 0.3) is 0 Å². The van der Waals surface area contributed by atoms with Gasteiger partial charge in [-0.25, -0.2) is 4.79 Å². The Morgan fingerprint density at radius 1 is 1.00 bits per heavy atom. The van der Waals surface area contributed by atoms with Gasteiger partial charge in [-0.1, -0.05) is 54.1 Å². The molecule has 2 aromatic rings. The quantitative estimate of drug-likeness (QED) is 0.353. The van der Waals surface area contributed by atoms with Gasteiger partial charge in [0.15, 0.2) is 6.61 Å². The van der Waals surface area contributed by atoms with Gasteiger partial charge in [0, 0.05) is 19.6 Å². The van der Waals surface area contributed by atoms with Crippen LogP contribution in [0.5, 0.6) is 0 Å². The average Bonchev–Trinajstić information content (AvgIpc) is 2.82. The molecule has 1 atom stereocenters. The number of carbonyl (C=O) groups excluding carboxylic acids is 5. The Labute approximate surface area is 221 Å². The van der Waals surface area contributed by atoms with Gasteiger partial charge < -0.3 is 20.3 Å². The van der Waals surface area contributed by atoms with Crippen molar-refractivity contribution in [2.45, 2.75) is 38.8 Å². The van der Waals surface area contributed by atoms with E-state index in [0.29, 0.717) is 5.56 Å². The number of amides is 5. The Balaban J connectivity index is 0.00000124. The van der Waals surface area contributed by atoms with Crippen molar-refractivity contribution >= 4 is 41.8 Å². The number of nitrogens with zero attached hydrogens (tertiary/aromatic N) is 1. The number of benzene rings is 2. The van der Waals surface area contributed by atoms with Crippen LogP contribution in [-0.2, 0) is 19.1 Å². The fourth-order valence-electron chi connectivity index (χ4n) is 2.73. The summed E-state index contributed by atoms with van der Waals surface area (Å²) in [6.07, 6.45) is 0.529. The molecule has 0 saturated heterocycles. The molecule has 37 heavy (non-hydrogen) atoms. The molecular weight excluding hydrogens is 500 g/mol. The highest BCUT2D eigenvalue weighted by Crippen LogP contribution is 2.20. The van der Waals surface area contributed by atoms with E-state index in [1.165, 1.54) is 4.90 Å². The van der Waals surface area contributed by atoms with Crippen LogP contribution in [0.1, 0.15) is 49.2 Å². The van der Waals surface area contributed by atoms with Crippen LogP contribution in [0, 0.1) is 0 Å². The molecule has 0 bridgehead atoms. The maximum atomic E-state index is 12.7. The predicted octanol–water partition coefficient (Wildman–Crippen LogP) is 3.07. The van der Waals surface area contributed by atoms with Gasteiger partial charge in [-0.2, -0.15) is 0 Å². The molecule has 3 N–H and O–H groups in total. The van der Waals surface area contributed by atoms with Crippen LogP contribution in [-0.4, -0.2) is 61.4 Å².